The molecule has 9 heavy (non-hydrogen) atoms. The number of thiocarbonyl (C=S) groups is 1. The van der Waals surface area contributed by atoms with Crippen LogP contribution in [0.5, 0.6) is 0 Å². The van der Waals surface area contributed by atoms with E-state index >= 15 is 0 Å². The largest absolute Gasteiger partial charge is 0.803 e. The van der Waals surface area contributed by atoms with Crippen LogP contribution in [-0.2, 0) is 21.1 Å². The van der Waals surface area contributed by atoms with Crippen molar-refractivity contribution in [2.45, 2.75) is 0 Å². The van der Waals surface area contributed by atoms with Crippen molar-refractivity contribution in [1.29, 1.82) is 0 Å². The quantitative estimate of drug-likeness (QED) is 0.622. The second-order valence-corrected chi connectivity index (χ2v) is 1.91. The molecule has 0 N–H and O–H groups in total. The van der Waals surface area contributed by atoms with Gasteiger partial charge in [-0.1, -0.05) is 30.4 Å². The zero-order valence-corrected chi connectivity index (χ0v) is 8.32. The Bertz CT molecular complexity index is 171. The van der Waals surface area contributed by atoms with Gasteiger partial charge in [0.15, 0.2) is 0 Å². The van der Waals surface area contributed by atoms with Crippen molar-refractivity contribution in [3.63, 3.8) is 0 Å². The first-order valence-electron chi connectivity index (χ1n) is 2.26. The van der Waals surface area contributed by atoms with Gasteiger partial charge in [-0.3, -0.25) is 0 Å². The molecular weight excluding hydrogens is 302 g/mol. The number of allylic oxidation sites excluding steroid dienone is 4. The van der Waals surface area contributed by atoms with Gasteiger partial charge in [-0.15, -0.1) is 5.71 Å². The Kier molecular flexibility index (Phi) is 3.83. The Morgan fingerprint density at radius 3 is 2.11 bits per heavy atom. The fraction of sp³-hybridized carbons (Fsp3) is 0. The van der Waals surface area contributed by atoms with Crippen LogP contribution < -0.4 is 0 Å². The third kappa shape index (κ3) is 2.33. The molecule has 0 saturated carbocycles. The summed E-state index contributed by atoms with van der Waals surface area (Å²) in [5, 5.41) is 8.82. The van der Waals surface area contributed by atoms with Crippen molar-refractivity contribution < 1.29 is 21.1 Å². The zero-order valence-electron chi connectivity index (χ0n) is 4.57. The van der Waals surface area contributed by atoms with Gasteiger partial charge in [0.25, 0.3) is 0 Å². The molecule has 1 aliphatic carbocycles. The van der Waals surface area contributed by atoms with E-state index in [4.69, 9.17) is 17.6 Å². The second kappa shape index (κ2) is 3.86. The van der Waals surface area contributed by atoms with E-state index < -0.39 is 0 Å². The van der Waals surface area contributed by atoms with Crippen LogP contribution in [0.15, 0.2) is 24.3 Å². The Labute approximate surface area is 73.6 Å². The molecule has 0 fully saturated rings. The normalized spacial score (nSPS) is 15.6. The zero-order chi connectivity index (χ0) is 5.98. The van der Waals surface area contributed by atoms with Gasteiger partial charge in [-0.05, 0) is 6.08 Å². The summed E-state index contributed by atoms with van der Waals surface area (Å²) >= 11 is 4.70. The monoisotopic (exact) mass is 306 g/mol. The summed E-state index contributed by atoms with van der Waals surface area (Å²) in [6.07, 6.45) is 6.79. The van der Waals surface area contributed by atoms with Crippen LogP contribution in [0.3, 0.4) is 0 Å². The van der Waals surface area contributed by atoms with Gasteiger partial charge in [0.1, 0.15) is 0 Å². The molecule has 0 amide bonds. The standard InChI is InChI=1S/C6H4NS.W/c7-5-3-1-2-4-6(5)8;/h1-4H;/q-1;. The fourth-order valence-corrected chi connectivity index (χ4v) is 0.604. The summed E-state index contributed by atoms with van der Waals surface area (Å²) < 4.78 is 0. The third-order valence-electron chi connectivity index (χ3n) is 0.865. The van der Waals surface area contributed by atoms with Gasteiger partial charge < -0.3 is 5.41 Å². The van der Waals surface area contributed by atoms with Gasteiger partial charge in [0.05, 0.1) is 0 Å². The van der Waals surface area contributed by atoms with E-state index in [1.807, 2.05) is 0 Å². The van der Waals surface area contributed by atoms with Crippen molar-refractivity contribution in [3.8, 4) is 0 Å². The SMILES string of the molecule is [N-]=C1C=CC=CC1=S.[W]. The molecule has 0 aliphatic heterocycles. The third-order valence-corrected chi connectivity index (χ3v) is 1.21. The molecule has 0 radical (unpaired) electrons. The number of hydrogen-bond donors (Lipinski definition) is 0. The minimum atomic E-state index is 0. The van der Waals surface area contributed by atoms with Gasteiger partial charge in [0.2, 0.25) is 0 Å². The molecule has 1 aliphatic rings. The molecule has 46 valence electrons. The predicted octanol–water partition coefficient (Wildman–Crippen LogP) is 1.49. The molecule has 1 nitrogen and oxygen atoms in total. The predicted molar refractivity (Wildman–Crippen MR) is 39.2 cm³/mol. The van der Waals surface area contributed by atoms with Gasteiger partial charge in [-0.2, -0.15) is 0 Å². The molecule has 0 atom stereocenters. The summed E-state index contributed by atoms with van der Waals surface area (Å²) in [7, 11) is 0. The first kappa shape index (κ1) is 8.93. The molecule has 0 bridgehead atoms. The summed E-state index contributed by atoms with van der Waals surface area (Å²) in [4.78, 5) is 0.507. The van der Waals surface area contributed by atoms with Crippen LogP contribution in [0.25, 0.3) is 5.41 Å². The van der Waals surface area contributed by atoms with E-state index in [2.05, 4.69) is 0 Å². The maximum Gasteiger partial charge on any atom is 0.0214 e. The van der Waals surface area contributed by atoms with Crippen LogP contribution in [0.2, 0.25) is 0 Å². The number of hydrogen-bond acceptors (Lipinski definition) is 1. The first-order chi connectivity index (χ1) is 3.80. The topological polar surface area (TPSA) is 22.3 Å². The van der Waals surface area contributed by atoms with Crippen LogP contribution in [-0.4, -0.2) is 10.6 Å². The average Bonchev–Trinajstić information content (AvgIpc) is 1.77. The van der Waals surface area contributed by atoms with E-state index in [0.29, 0.717) is 4.86 Å². The van der Waals surface area contributed by atoms with Crippen LogP contribution in [0.1, 0.15) is 0 Å². The van der Waals surface area contributed by atoms with Crippen molar-refractivity contribution in [2.24, 2.45) is 0 Å². The Morgan fingerprint density at radius 1 is 1.22 bits per heavy atom. The van der Waals surface area contributed by atoms with Gasteiger partial charge >= 0.3 is 0 Å². The molecule has 0 spiro atoms. The van der Waals surface area contributed by atoms with Crippen molar-refractivity contribution in [3.05, 3.63) is 29.7 Å². The number of nitrogens with zero attached hydrogens (tertiary/aromatic N) is 1. The molecule has 1 rings (SSSR count). The second-order valence-electron chi connectivity index (χ2n) is 1.47. The number of rotatable bonds is 0. The van der Waals surface area contributed by atoms with Crippen LogP contribution in [0, 0.1) is 0 Å². The molecule has 0 saturated heterocycles. The van der Waals surface area contributed by atoms with Crippen LogP contribution >= 0.6 is 12.2 Å². The maximum atomic E-state index is 8.82. The summed E-state index contributed by atoms with van der Waals surface area (Å²) in [6, 6.07) is 0. The molecule has 0 aromatic rings. The van der Waals surface area contributed by atoms with Crippen molar-refractivity contribution in [1.82, 2.24) is 0 Å². The minimum absolute atomic E-state index is 0. The Balaban J connectivity index is 0.000000640. The van der Waals surface area contributed by atoms with E-state index in [9.17, 15) is 0 Å². The average molecular weight is 306 g/mol. The maximum absolute atomic E-state index is 8.82. The Morgan fingerprint density at radius 2 is 1.78 bits per heavy atom. The molecule has 0 aromatic heterocycles. The summed E-state index contributed by atoms with van der Waals surface area (Å²) in [5.74, 6) is 0. The van der Waals surface area contributed by atoms with E-state index in [1.54, 1.807) is 24.3 Å². The van der Waals surface area contributed by atoms with E-state index in [0.717, 1.165) is 0 Å². The minimum Gasteiger partial charge on any atom is -0.803 e. The first-order valence-corrected chi connectivity index (χ1v) is 2.66. The molecule has 0 aromatic carbocycles. The van der Waals surface area contributed by atoms with Crippen LogP contribution in [0.4, 0.5) is 0 Å². The van der Waals surface area contributed by atoms with Crippen molar-refractivity contribution in [2.75, 3.05) is 0 Å². The smallest absolute Gasteiger partial charge is 0.0214 e. The van der Waals surface area contributed by atoms with Gasteiger partial charge in [-0.25, -0.2) is 0 Å². The molecule has 3 heteroatoms. The summed E-state index contributed by atoms with van der Waals surface area (Å²) in [5.41, 5.74) is 0.183. The fourth-order valence-electron chi connectivity index (χ4n) is 0.457. The van der Waals surface area contributed by atoms with Crippen molar-refractivity contribution >= 4 is 22.8 Å². The van der Waals surface area contributed by atoms with Gasteiger partial charge in [0, 0.05) is 25.9 Å². The van der Waals surface area contributed by atoms with E-state index in [1.165, 1.54) is 0 Å². The molecular formula is C6H4NSW-. The molecule has 0 heterocycles. The van der Waals surface area contributed by atoms with E-state index in [-0.39, 0.29) is 26.8 Å². The Hall–Kier alpha value is -0.0717. The summed E-state index contributed by atoms with van der Waals surface area (Å²) in [6.45, 7) is 0. The molecule has 0 unspecified atom stereocenters.